The minimum atomic E-state index is -0.682. The average Bonchev–Trinajstić information content (AvgIpc) is 3.07. The van der Waals surface area contributed by atoms with E-state index in [2.05, 4.69) is 25.8 Å². The molecule has 9 heteroatoms. The van der Waals surface area contributed by atoms with Crippen molar-refractivity contribution in [3.63, 3.8) is 0 Å². The number of fused-ring (bicyclic) bond motifs is 1. The number of primary amides is 1. The van der Waals surface area contributed by atoms with Gasteiger partial charge in [0.15, 0.2) is 11.5 Å². The molecule has 0 spiro atoms. The van der Waals surface area contributed by atoms with Crippen LogP contribution in [-0.4, -0.2) is 33.2 Å². The Morgan fingerprint density at radius 3 is 2.81 bits per heavy atom. The van der Waals surface area contributed by atoms with Gasteiger partial charge >= 0.3 is 0 Å². The van der Waals surface area contributed by atoms with Crippen molar-refractivity contribution in [3.8, 4) is 0 Å². The Morgan fingerprint density at radius 2 is 2.00 bits per heavy atom. The van der Waals surface area contributed by atoms with E-state index in [1.165, 1.54) is 0 Å². The normalized spacial score (nSPS) is 19.7. The molecule has 0 aliphatic heterocycles. The zero-order chi connectivity index (χ0) is 18.8. The molecule has 4 rings (SSSR count). The van der Waals surface area contributed by atoms with Crippen LogP contribution in [0.5, 0.6) is 0 Å². The first-order chi connectivity index (χ1) is 13.1. The van der Waals surface area contributed by atoms with E-state index in [1.54, 1.807) is 11.3 Å². The van der Waals surface area contributed by atoms with Crippen molar-refractivity contribution in [2.75, 3.05) is 10.6 Å². The number of anilines is 3. The van der Waals surface area contributed by atoms with Crippen LogP contribution < -0.4 is 22.1 Å². The second kappa shape index (κ2) is 7.45. The lowest BCUT2D eigenvalue weighted by molar-refractivity contribution is 0.0995. The monoisotopic (exact) mass is 383 g/mol. The molecule has 1 aliphatic rings. The van der Waals surface area contributed by atoms with Crippen LogP contribution in [-0.2, 0) is 0 Å². The van der Waals surface area contributed by atoms with Crippen LogP contribution in [0.15, 0.2) is 29.6 Å². The maximum absolute atomic E-state index is 11.8. The molecule has 1 saturated carbocycles. The topological polar surface area (TPSA) is 132 Å². The van der Waals surface area contributed by atoms with Gasteiger partial charge in [0.2, 0.25) is 5.95 Å². The second-order valence-electron chi connectivity index (χ2n) is 6.67. The van der Waals surface area contributed by atoms with E-state index < -0.39 is 5.91 Å². The number of rotatable bonds is 5. The average molecular weight is 383 g/mol. The van der Waals surface area contributed by atoms with Crippen molar-refractivity contribution in [1.82, 2.24) is 15.2 Å². The molecule has 2 atom stereocenters. The summed E-state index contributed by atoms with van der Waals surface area (Å²) in [6, 6.07) is 8.14. The van der Waals surface area contributed by atoms with Gasteiger partial charge in [-0.25, -0.2) is 0 Å². The largest absolute Gasteiger partial charge is 0.364 e. The Labute approximate surface area is 160 Å². The zero-order valence-corrected chi connectivity index (χ0v) is 15.5. The summed E-state index contributed by atoms with van der Waals surface area (Å²) in [7, 11) is 0. The minimum Gasteiger partial charge on any atom is -0.364 e. The Kier molecular flexibility index (Phi) is 4.87. The van der Waals surface area contributed by atoms with Gasteiger partial charge in [0.1, 0.15) is 0 Å². The number of carbonyl (C=O) groups is 1. The molecular formula is C18H21N7OS. The Hall–Kier alpha value is -2.78. The van der Waals surface area contributed by atoms with Gasteiger partial charge in [-0.15, -0.1) is 21.5 Å². The van der Waals surface area contributed by atoms with Crippen LogP contribution in [0.4, 0.5) is 17.5 Å². The van der Waals surface area contributed by atoms with Crippen molar-refractivity contribution in [3.05, 3.63) is 35.3 Å². The van der Waals surface area contributed by atoms with E-state index in [0.29, 0.717) is 5.95 Å². The molecule has 140 valence electrons. The smallest absolute Gasteiger partial charge is 0.273 e. The molecule has 8 nitrogen and oxygen atoms in total. The number of nitrogens with two attached hydrogens (primary N) is 2. The van der Waals surface area contributed by atoms with Crippen molar-refractivity contribution < 1.29 is 4.79 Å². The zero-order valence-electron chi connectivity index (χ0n) is 14.7. The summed E-state index contributed by atoms with van der Waals surface area (Å²) >= 11 is 1.61. The van der Waals surface area contributed by atoms with E-state index in [1.807, 2.05) is 29.6 Å². The molecule has 2 aromatic heterocycles. The first-order valence-electron chi connectivity index (χ1n) is 8.91. The molecule has 0 unspecified atom stereocenters. The lowest BCUT2D eigenvalue weighted by atomic mass is 9.91. The summed E-state index contributed by atoms with van der Waals surface area (Å²) < 4.78 is 1.13. The SMILES string of the molecule is NC(=O)c1nnc(N[C@@H]2CCCC[C@@H]2N)nc1Nc1csc2ccccc12. The summed E-state index contributed by atoms with van der Waals surface area (Å²) in [5.41, 5.74) is 12.5. The third-order valence-electron chi connectivity index (χ3n) is 4.79. The van der Waals surface area contributed by atoms with E-state index in [0.717, 1.165) is 41.5 Å². The molecule has 3 aromatic rings. The Bertz CT molecular complexity index is 973. The summed E-state index contributed by atoms with van der Waals surface area (Å²) in [5, 5.41) is 17.5. The molecule has 1 fully saturated rings. The van der Waals surface area contributed by atoms with Crippen molar-refractivity contribution >= 4 is 44.8 Å². The maximum Gasteiger partial charge on any atom is 0.273 e. The van der Waals surface area contributed by atoms with Gasteiger partial charge in [-0.05, 0) is 18.9 Å². The second-order valence-corrected chi connectivity index (χ2v) is 7.58. The lowest BCUT2D eigenvalue weighted by Crippen LogP contribution is -2.43. The number of hydrogen-bond donors (Lipinski definition) is 4. The standard InChI is InChI=1S/C18H21N7OS/c19-11-6-2-3-7-12(11)22-18-23-17(15(16(20)26)24-25-18)21-13-9-27-14-8-4-1-5-10(13)14/h1,4-5,8-9,11-12H,2-3,6-7,19H2,(H2,20,26)(H2,21,22,23,25)/t11-,12+/m0/s1. The highest BCUT2D eigenvalue weighted by atomic mass is 32.1. The fourth-order valence-electron chi connectivity index (χ4n) is 3.35. The van der Waals surface area contributed by atoms with Crippen LogP contribution >= 0.6 is 11.3 Å². The number of amides is 1. The number of thiophene rings is 1. The number of nitrogens with one attached hydrogen (secondary N) is 2. The van der Waals surface area contributed by atoms with Crippen molar-refractivity contribution in [1.29, 1.82) is 0 Å². The number of hydrogen-bond acceptors (Lipinski definition) is 8. The van der Waals surface area contributed by atoms with Crippen LogP contribution in [0.3, 0.4) is 0 Å². The molecule has 1 aromatic carbocycles. The number of benzene rings is 1. The van der Waals surface area contributed by atoms with Gasteiger partial charge in [-0.3, -0.25) is 4.79 Å². The van der Waals surface area contributed by atoms with Crippen LogP contribution in [0, 0.1) is 0 Å². The molecular weight excluding hydrogens is 362 g/mol. The molecule has 0 radical (unpaired) electrons. The molecule has 27 heavy (non-hydrogen) atoms. The predicted octanol–water partition coefficient (Wildman–Crippen LogP) is 2.61. The summed E-state index contributed by atoms with van der Waals surface area (Å²) in [6.07, 6.45) is 4.18. The van der Waals surface area contributed by atoms with E-state index in [-0.39, 0.29) is 23.6 Å². The number of nitrogens with zero attached hydrogens (tertiary/aromatic N) is 3. The molecule has 6 N–H and O–H groups in total. The van der Waals surface area contributed by atoms with Crippen molar-refractivity contribution in [2.45, 2.75) is 37.8 Å². The van der Waals surface area contributed by atoms with Crippen LogP contribution in [0.2, 0.25) is 0 Å². The van der Waals surface area contributed by atoms with E-state index >= 15 is 0 Å². The minimum absolute atomic E-state index is 0.00349. The van der Waals surface area contributed by atoms with Gasteiger partial charge in [0.05, 0.1) is 5.69 Å². The first-order valence-corrected chi connectivity index (χ1v) is 9.79. The maximum atomic E-state index is 11.8. The highest BCUT2D eigenvalue weighted by Crippen LogP contribution is 2.32. The highest BCUT2D eigenvalue weighted by Gasteiger charge is 2.23. The lowest BCUT2D eigenvalue weighted by Gasteiger charge is -2.29. The quantitative estimate of drug-likeness (QED) is 0.532. The van der Waals surface area contributed by atoms with Gasteiger partial charge in [-0.1, -0.05) is 31.0 Å². The predicted molar refractivity (Wildman–Crippen MR) is 107 cm³/mol. The Morgan fingerprint density at radius 1 is 1.19 bits per heavy atom. The molecule has 1 amide bonds. The fraction of sp³-hybridized carbons (Fsp3) is 0.333. The third kappa shape index (κ3) is 3.69. The van der Waals surface area contributed by atoms with Crippen LogP contribution in [0.1, 0.15) is 36.2 Å². The summed E-state index contributed by atoms with van der Waals surface area (Å²) in [4.78, 5) is 16.2. The molecule has 0 bridgehead atoms. The van der Waals surface area contributed by atoms with E-state index in [9.17, 15) is 4.79 Å². The highest BCUT2D eigenvalue weighted by molar-refractivity contribution is 7.17. The van der Waals surface area contributed by atoms with Gasteiger partial charge in [0.25, 0.3) is 5.91 Å². The molecule has 2 heterocycles. The third-order valence-corrected chi connectivity index (χ3v) is 5.75. The van der Waals surface area contributed by atoms with Gasteiger partial charge in [-0.2, -0.15) is 4.98 Å². The van der Waals surface area contributed by atoms with E-state index in [4.69, 9.17) is 11.5 Å². The van der Waals surface area contributed by atoms with Crippen LogP contribution in [0.25, 0.3) is 10.1 Å². The Balaban J connectivity index is 1.64. The molecule has 0 saturated heterocycles. The van der Waals surface area contributed by atoms with Gasteiger partial charge < -0.3 is 22.1 Å². The number of aromatic nitrogens is 3. The van der Waals surface area contributed by atoms with Gasteiger partial charge in [0, 0.05) is 27.5 Å². The summed E-state index contributed by atoms with van der Waals surface area (Å²) in [5.74, 6) is -0.0599. The summed E-state index contributed by atoms with van der Waals surface area (Å²) in [6.45, 7) is 0. The first kappa shape index (κ1) is 17.6. The van der Waals surface area contributed by atoms with Crippen molar-refractivity contribution in [2.24, 2.45) is 11.5 Å². The molecule has 1 aliphatic carbocycles. The number of carbonyl (C=O) groups excluding carboxylic acids is 1. The fourth-order valence-corrected chi connectivity index (χ4v) is 4.24.